The lowest BCUT2D eigenvalue weighted by molar-refractivity contribution is -0.123. The second-order valence-corrected chi connectivity index (χ2v) is 7.85. The van der Waals surface area contributed by atoms with E-state index in [0.717, 1.165) is 10.7 Å². The first kappa shape index (κ1) is 15.9. The molecule has 7 heteroatoms. The van der Waals surface area contributed by atoms with Gasteiger partial charge in [-0.15, -0.1) is 0 Å². The summed E-state index contributed by atoms with van der Waals surface area (Å²) >= 11 is 0. The third-order valence-electron chi connectivity index (χ3n) is 3.90. The highest BCUT2D eigenvalue weighted by Gasteiger charge is 2.40. The number of hydrogen-bond acceptors (Lipinski definition) is 4. The Morgan fingerprint density at radius 2 is 1.95 bits per heavy atom. The third kappa shape index (κ3) is 2.95. The maximum absolute atomic E-state index is 12.2. The Hall–Kier alpha value is -1.44. The molecule has 0 heterocycles. The predicted octanol–water partition coefficient (Wildman–Crippen LogP) is 1.07. The fourth-order valence-electron chi connectivity index (χ4n) is 2.19. The van der Waals surface area contributed by atoms with Gasteiger partial charge >= 0.3 is 0 Å². The number of carbonyl (C=O) groups is 1. The minimum atomic E-state index is -3.54. The molecule has 6 nitrogen and oxygen atoms in total. The molecule has 1 aromatic carbocycles. The Morgan fingerprint density at radius 1 is 1.33 bits per heavy atom. The van der Waals surface area contributed by atoms with Gasteiger partial charge in [0, 0.05) is 19.8 Å². The molecule has 1 aliphatic rings. The summed E-state index contributed by atoms with van der Waals surface area (Å²) in [5.74, 6) is -0.259. The van der Waals surface area contributed by atoms with Gasteiger partial charge in [-0.05, 0) is 43.9 Å². The Kier molecular flexibility index (Phi) is 4.10. The maximum Gasteiger partial charge on any atom is 0.244 e. The number of rotatable bonds is 4. The van der Waals surface area contributed by atoms with Crippen LogP contribution in [0.4, 0.5) is 5.69 Å². The molecular formula is C14H21N3O3S. The van der Waals surface area contributed by atoms with E-state index in [2.05, 4.69) is 5.32 Å². The van der Waals surface area contributed by atoms with Crippen molar-refractivity contribution in [2.75, 3.05) is 19.4 Å². The predicted molar refractivity (Wildman–Crippen MR) is 81.5 cm³/mol. The molecule has 21 heavy (non-hydrogen) atoms. The summed E-state index contributed by atoms with van der Waals surface area (Å²) in [6.45, 7) is 1.72. The molecule has 1 fully saturated rings. The standard InChI is InChI=1S/C14H21N3O3S/c1-10-5-6-11(9-12(10)21(19,20)17(2)3)16-13(18)14(15)7-4-8-14/h5-6,9H,4,7-8,15H2,1-3H3,(H,16,18). The number of sulfonamides is 1. The van der Waals surface area contributed by atoms with Gasteiger partial charge in [0.25, 0.3) is 0 Å². The zero-order valence-corrected chi connectivity index (χ0v) is 13.3. The van der Waals surface area contributed by atoms with Crippen LogP contribution in [0.15, 0.2) is 23.1 Å². The lowest BCUT2D eigenvalue weighted by atomic mass is 9.77. The van der Waals surface area contributed by atoms with E-state index in [0.29, 0.717) is 24.1 Å². The highest BCUT2D eigenvalue weighted by Crippen LogP contribution is 2.31. The molecule has 1 aromatic rings. The van der Waals surface area contributed by atoms with Gasteiger partial charge in [-0.2, -0.15) is 0 Å². The van der Waals surface area contributed by atoms with Crippen LogP contribution in [-0.2, 0) is 14.8 Å². The first-order valence-corrected chi connectivity index (χ1v) is 8.24. The van der Waals surface area contributed by atoms with Crippen LogP contribution in [0.5, 0.6) is 0 Å². The smallest absolute Gasteiger partial charge is 0.244 e. The van der Waals surface area contributed by atoms with Crippen molar-refractivity contribution in [3.8, 4) is 0 Å². The van der Waals surface area contributed by atoms with Crippen molar-refractivity contribution in [3.05, 3.63) is 23.8 Å². The SMILES string of the molecule is Cc1ccc(NC(=O)C2(N)CCC2)cc1S(=O)(=O)N(C)C. The number of amides is 1. The lowest BCUT2D eigenvalue weighted by Crippen LogP contribution is -2.56. The Balaban J connectivity index is 2.29. The van der Waals surface area contributed by atoms with E-state index in [4.69, 9.17) is 5.73 Å². The molecule has 116 valence electrons. The number of nitrogens with two attached hydrogens (primary N) is 1. The molecule has 0 bridgehead atoms. The molecule has 0 atom stereocenters. The van der Waals surface area contributed by atoms with E-state index in [9.17, 15) is 13.2 Å². The molecule has 3 N–H and O–H groups in total. The summed E-state index contributed by atoms with van der Waals surface area (Å²) in [6.07, 6.45) is 2.26. The fraction of sp³-hybridized carbons (Fsp3) is 0.500. The number of nitrogens with one attached hydrogen (secondary N) is 1. The van der Waals surface area contributed by atoms with Gasteiger partial charge in [-0.1, -0.05) is 6.07 Å². The van der Waals surface area contributed by atoms with Crippen molar-refractivity contribution in [3.63, 3.8) is 0 Å². The quantitative estimate of drug-likeness (QED) is 0.870. The summed E-state index contributed by atoms with van der Waals surface area (Å²) in [5, 5.41) is 2.72. The summed E-state index contributed by atoms with van der Waals surface area (Å²) in [5.41, 5.74) is 6.22. The average molecular weight is 311 g/mol. The molecule has 0 saturated heterocycles. The highest BCUT2D eigenvalue weighted by molar-refractivity contribution is 7.89. The van der Waals surface area contributed by atoms with Crippen LogP contribution in [0.2, 0.25) is 0 Å². The van der Waals surface area contributed by atoms with Gasteiger partial charge in [0.1, 0.15) is 0 Å². The number of anilines is 1. The average Bonchev–Trinajstić information content (AvgIpc) is 2.37. The highest BCUT2D eigenvalue weighted by atomic mass is 32.2. The largest absolute Gasteiger partial charge is 0.324 e. The third-order valence-corrected chi connectivity index (χ3v) is 5.86. The normalized spacial score (nSPS) is 17.4. The maximum atomic E-state index is 12.2. The topological polar surface area (TPSA) is 92.5 Å². The second-order valence-electron chi connectivity index (χ2n) is 5.73. The van der Waals surface area contributed by atoms with Crippen LogP contribution in [0, 0.1) is 6.92 Å². The van der Waals surface area contributed by atoms with E-state index in [-0.39, 0.29) is 10.8 Å². The number of hydrogen-bond donors (Lipinski definition) is 2. The Labute approximate surface area is 125 Å². The summed E-state index contributed by atoms with van der Waals surface area (Å²) < 4.78 is 25.6. The minimum Gasteiger partial charge on any atom is -0.324 e. The van der Waals surface area contributed by atoms with E-state index in [1.54, 1.807) is 19.1 Å². The summed E-state index contributed by atoms with van der Waals surface area (Å²) in [4.78, 5) is 12.3. The zero-order valence-electron chi connectivity index (χ0n) is 12.5. The van der Waals surface area contributed by atoms with E-state index < -0.39 is 15.6 Å². The number of nitrogens with zero attached hydrogens (tertiary/aromatic N) is 1. The van der Waals surface area contributed by atoms with Crippen LogP contribution in [0.3, 0.4) is 0 Å². The summed E-state index contributed by atoms with van der Waals surface area (Å²) in [6, 6.07) is 4.84. The monoisotopic (exact) mass is 311 g/mol. The molecule has 0 spiro atoms. The molecule has 1 aliphatic carbocycles. The van der Waals surface area contributed by atoms with Crippen LogP contribution in [0.25, 0.3) is 0 Å². The molecule has 0 unspecified atom stereocenters. The number of carbonyl (C=O) groups excluding carboxylic acids is 1. The van der Waals surface area contributed by atoms with Gasteiger partial charge in [0.2, 0.25) is 15.9 Å². The van der Waals surface area contributed by atoms with E-state index >= 15 is 0 Å². The first-order valence-electron chi connectivity index (χ1n) is 6.80. The van der Waals surface area contributed by atoms with Gasteiger partial charge in [-0.25, -0.2) is 12.7 Å². The molecule has 0 radical (unpaired) electrons. The first-order chi connectivity index (χ1) is 9.67. The lowest BCUT2D eigenvalue weighted by Gasteiger charge is -2.36. The Morgan fingerprint density at radius 3 is 2.43 bits per heavy atom. The van der Waals surface area contributed by atoms with Crippen LogP contribution in [-0.4, -0.2) is 38.3 Å². The van der Waals surface area contributed by atoms with Crippen molar-refractivity contribution >= 4 is 21.6 Å². The number of aryl methyl sites for hydroxylation is 1. The van der Waals surface area contributed by atoms with Gasteiger partial charge in [-0.3, -0.25) is 4.79 Å². The second kappa shape index (κ2) is 5.40. The molecule has 2 rings (SSSR count). The van der Waals surface area contributed by atoms with Crippen LogP contribution < -0.4 is 11.1 Å². The summed E-state index contributed by atoms with van der Waals surface area (Å²) in [7, 11) is -0.591. The van der Waals surface area contributed by atoms with Crippen molar-refractivity contribution in [2.24, 2.45) is 5.73 Å². The molecular weight excluding hydrogens is 290 g/mol. The van der Waals surface area contributed by atoms with Gasteiger partial charge in [0.05, 0.1) is 10.4 Å². The van der Waals surface area contributed by atoms with Crippen molar-refractivity contribution in [2.45, 2.75) is 36.6 Å². The molecule has 1 saturated carbocycles. The van der Waals surface area contributed by atoms with Gasteiger partial charge < -0.3 is 11.1 Å². The van der Waals surface area contributed by atoms with E-state index in [1.807, 2.05) is 0 Å². The van der Waals surface area contributed by atoms with Crippen molar-refractivity contribution in [1.82, 2.24) is 4.31 Å². The van der Waals surface area contributed by atoms with Crippen molar-refractivity contribution < 1.29 is 13.2 Å². The van der Waals surface area contributed by atoms with Crippen LogP contribution >= 0.6 is 0 Å². The minimum absolute atomic E-state index is 0.185. The molecule has 0 aromatic heterocycles. The molecule has 1 amide bonds. The Bertz CT molecular complexity index is 664. The zero-order chi connectivity index (χ0) is 15.8. The van der Waals surface area contributed by atoms with Crippen molar-refractivity contribution in [1.29, 1.82) is 0 Å². The molecule has 0 aliphatic heterocycles. The van der Waals surface area contributed by atoms with Gasteiger partial charge in [0.15, 0.2) is 0 Å². The number of benzene rings is 1. The van der Waals surface area contributed by atoms with Crippen LogP contribution in [0.1, 0.15) is 24.8 Å². The fourth-order valence-corrected chi connectivity index (χ4v) is 3.34. The van der Waals surface area contributed by atoms with E-state index in [1.165, 1.54) is 20.2 Å².